The van der Waals surface area contributed by atoms with Gasteiger partial charge in [-0.05, 0) is 43.2 Å². The predicted octanol–water partition coefficient (Wildman–Crippen LogP) is 3.22. The first-order valence-electron chi connectivity index (χ1n) is 6.95. The van der Waals surface area contributed by atoms with Gasteiger partial charge in [-0.15, -0.1) is 0 Å². The summed E-state index contributed by atoms with van der Waals surface area (Å²) in [6.45, 7) is 0. The lowest BCUT2D eigenvalue weighted by Gasteiger charge is -2.13. The zero-order chi connectivity index (χ0) is 12.8. The monoisotopic (exact) mass is 252 g/mol. The quantitative estimate of drug-likeness (QED) is 0.891. The molecule has 0 saturated heterocycles. The summed E-state index contributed by atoms with van der Waals surface area (Å²) in [6.07, 6.45) is 7.12. The molecule has 2 atom stereocenters. The van der Waals surface area contributed by atoms with E-state index in [4.69, 9.17) is 0 Å². The first kappa shape index (κ1) is 11.0. The Labute approximate surface area is 112 Å². The third-order valence-corrected chi connectivity index (χ3v) is 4.55. The Bertz CT molecular complexity index is 637. The van der Waals surface area contributed by atoms with E-state index in [1.165, 1.54) is 6.42 Å². The van der Waals surface area contributed by atoms with E-state index >= 15 is 0 Å². The average molecular weight is 252 g/mol. The molecule has 2 aromatic rings. The van der Waals surface area contributed by atoms with Crippen LogP contribution in [0.3, 0.4) is 0 Å². The van der Waals surface area contributed by atoms with E-state index in [9.17, 15) is 4.79 Å². The molecule has 0 spiro atoms. The maximum absolute atomic E-state index is 12.3. The molecule has 3 heteroatoms. The van der Waals surface area contributed by atoms with Crippen molar-refractivity contribution in [2.75, 3.05) is 5.32 Å². The van der Waals surface area contributed by atoms with Crippen LogP contribution in [0.2, 0.25) is 0 Å². The van der Waals surface area contributed by atoms with Crippen molar-refractivity contribution in [1.82, 2.24) is 4.98 Å². The number of anilines is 1. The topological polar surface area (TPSA) is 42.0 Å². The van der Waals surface area contributed by atoms with Gasteiger partial charge in [0.1, 0.15) is 0 Å². The van der Waals surface area contributed by atoms with Crippen LogP contribution in [0.15, 0.2) is 36.7 Å². The Balaban J connectivity index is 1.59. The van der Waals surface area contributed by atoms with Gasteiger partial charge in [-0.1, -0.05) is 12.1 Å². The summed E-state index contributed by atoms with van der Waals surface area (Å²) in [5.74, 6) is 2.09. The maximum Gasteiger partial charge on any atom is 0.227 e. The zero-order valence-corrected chi connectivity index (χ0v) is 10.7. The molecule has 0 aliphatic heterocycles. The largest absolute Gasteiger partial charge is 0.325 e. The molecular weight excluding hydrogens is 236 g/mol. The molecule has 1 heterocycles. The Morgan fingerprint density at radius 2 is 2.00 bits per heavy atom. The van der Waals surface area contributed by atoms with Gasteiger partial charge in [0.25, 0.3) is 0 Å². The number of nitrogens with one attached hydrogen (secondary N) is 1. The molecule has 19 heavy (non-hydrogen) atoms. The lowest BCUT2D eigenvalue weighted by molar-refractivity contribution is -0.119. The highest BCUT2D eigenvalue weighted by Gasteiger charge is 2.47. The van der Waals surface area contributed by atoms with Gasteiger partial charge in [-0.25, -0.2) is 0 Å². The summed E-state index contributed by atoms with van der Waals surface area (Å²) < 4.78 is 0. The zero-order valence-electron chi connectivity index (χ0n) is 10.7. The Hall–Kier alpha value is -1.90. The van der Waals surface area contributed by atoms with Crippen LogP contribution in [0.4, 0.5) is 5.69 Å². The fourth-order valence-electron chi connectivity index (χ4n) is 3.40. The molecule has 96 valence electrons. The third kappa shape index (κ3) is 1.89. The highest BCUT2D eigenvalue weighted by molar-refractivity contribution is 6.02. The number of carbonyl (C=O) groups excluding carboxylic acids is 1. The minimum Gasteiger partial charge on any atom is -0.325 e. The van der Waals surface area contributed by atoms with Crippen molar-refractivity contribution >= 4 is 22.4 Å². The van der Waals surface area contributed by atoms with Crippen LogP contribution in [0.5, 0.6) is 0 Å². The van der Waals surface area contributed by atoms with Gasteiger partial charge in [0.05, 0.1) is 0 Å². The number of nitrogens with zero attached hydrogens (tertiary/aromatic N) is 1. The van der Waals surface area contributed by atoms with Gasteiger partial charge in [-0.3, -0.25) is 9.78 Å². The fraction of sp³-hybridized carbons (Fsp3) is 0.375. The van der Waals surface area contributed by atoms with E-state index in [1.807, 2.05) is 30.5 Å². The van der Waals surface area contributed by atoms with Crippen LogP contribution in [0.25, 0.3) is 10.8 Å². The molecular formula is C16H16N2O. The van der Waals surface area contributed by atoms with Gasteiger partial charge < -0.3 is 5.32 Å². The first-order chi connectivity index (χ1) is 9.31. The van der Waals surface area contributed by atoms with Crippen LogP contribution in [-0.2, 0) is 4.79 Å². The summed E-state index contributed by atoms with van der Waals surface area (Å²) in [4.78, 5) is 16.4. The van der Waals surface area contributed by atoms with Crippen molar-refractivity contribution in [3.05, 3.63) is 36.7 Å². The number of aromatic nitrogens is 1. The number of rotatable bonds is 2. The Morgan fingerprint density at radius 1 is 1.16 bits per heavy atom. The molecule has 2 unspecified atom stereocenters. The maximum atomic E-state index is 12.3. The second kappa shape index (κ2) is 4.05. The molecule has 1 aromatic carbocycles. The summed E-state index contributed by atoms with van der Waals surface area (Å²) in [5.41, 5.74) is 0.908. The number of hydrogen-bond acceptors (Lipinski definition) is 2. The average Bonchev–Trinajstić information content (AvgIpc) is 3.05. The lowest BCUT2D eigenvalue weighted by Crippen LogP contribution is -2.21. The minimum absolute atomic E-state index is 0.191. The number of pyridine rings is 1. The van der Waals surface area contributed by atoms with E-state index in [1.54, 1.807) is 6.20 Å². The highest BCUT2D eigenvalue weighted by atomic mass is 16.1. The van der Waals surface area contributed by atoms with E-state index in [0.717, 1.165) is 41.1 Å². The van der Waals surface area contributed by atoms with Gasteiger partial charge in [0, 0.05) is 34.8 Å². The molecule has 1 amide bonds. The van der Waals surface area contributed by atoms with Crippen LogP contribution in [0.1, 0.15) is 19.3 Å². The Morgan fingerprint density at radius 3 is 2.84 bits per heavy atom. The predicted molar refractivity (Wildman–Crippen MR) is 74.7 cm³/mol. The molecule has 1 aromatic heterocycles. The fourth-order valence-corrected chi connectivity index (χ4v) is 3.40. The molecule has 3 nitrogen and oxygen atoms in total. The summed E-state index contributed by atoms with van der Waals surface area (Å²) >= 11 is 0. The number of amides is 1. The SMILES string of the molecule is O=C(Nc1cccc2cnccc12)C1CC2CC2C1. The molecule has 1 N–H and O–H groups in total. The van der Waals surface area contributed by atoms with Gasteiger partial charge in [0.15, 0.2) is 0 Å². The molecule has 4 rings (SSSR count). The summed E-state index contributed by atoms with van der Waals surface area (Å²) in [6, 6.07) is 7.90. The molecule has 0 radical (unpaired) electrons. The third-order valence-electron chi connectivity index (χ3n) is 4.55. The number of carbonyl (C=O) groups is 1. The minimum atomic E-state index is 0.191. The van der Waals surface area contributed by atoms with E-state index in [0.29, 0.717) is 0 Å². The lowest BCUT2D eigenvalue weighted by atomic mass is 10.0. The Kier molecular flexibility index (Phi) is 2.34. The van der Waals surface area contributed by atoms with E-state index in [-0.39, 0.29) is 11.8 Å². The molecule has 2 saturated carbocycles. The van der Waals surface area contributed by atoms with Gasteiger partial charge in [-0.2, -0.15) is 0 Å². The van der Waals surface area contributed by atoms with Crippen LogP contribution < -0.4 is 5.32 Å². The number of hydrogen-bond donors (Lipinski definition) is 1. The van der Waals surface area contributed by atoms with Crippen LogP contribution in [0, 0.1) is 17.8 Å². The van der Waals surface area contributed by atoms with Crippen molar-refractivity contribution in [1.29, 1.82) is 0 Å². The van der Waals surface area contributed by atoms with Crippen LogP contribution in [-0.4, -0.2) is 10.9 Å². The van der Waals surface area contributed by atoms with E-state index < -0.39 is 0 Å². The number of benzene rings is 1. The van der Waals surface area contributed by atoms with Gasteiger partial charge in [0.2, 0.25) is 5.91 Å². The van der Waals surface area contributed by atoms with Crippen LogP contribution >= 0.6 is 0 Å². The standard InChI is InChI=1S/C16H16N2O/c19-16(13-7-11-6-12(11)8-13)18-15-3-1-2-10-9-17-5-4-14(10)15/h1-5,9,11-13H,6-8H2,(H,18,19). The number of fused-ring (bicyclic) bond motifs is 2. The van der Waals surface area contributed by atoms with Crippen molar-refractivity contribution in [2.45, 2.75) is 19.3 Å². The first-order valence-corrected chi connectivity index (χ1v) is 6.95. The van der Waals surface area contributed by atoms with Gasteiger partial charge >= 0.3 is 0 Å². The summed E-state index contributed by atoms with van der Waals surface area (Å²) in [7, 11) is 0. The van der Waals surface area contributed by atoms with Crippen molar-refractivity contribution in [3.63, 3.8) is 0 Å². The smallest absolute Gasteiger partial charge is 0.227 e. The van der Waals surface area contributed by atoms with E-state index in [2.05, 4.69) is 10.3 Å². The molecule has 0 bridgehead atoms. The molecule has 2 fully saturated rings. The van der Waals surface area contributed by atoms with Crippen molar-refractivity contribution < 1.29 is 4.79 Å². The summed E-state index contributed by atoms with van der Waals surface area (Å²) in [5, 5.41) is 5.23. The molecule has 2 aliphatic carbocycles. The van der Waals surface area contributed by atoms with Crippen molar-refractivity contribution in [3.8, 4) is 0 Å². The normalized spacial score (nSPS) is 28.1. The molecule has 2 aliphatic rings. The highest BCUT2D eigenvalue weighted by Crippen LogP contribution is 2.54. The second-order valence-corrected chi connectivity index (χ2v) is 5.82. The van der Waals surface area contributed by atoms with Crippen molar-refractivity contribution in [2.24, 2.45) is 17.8 Å². The second-order valence-electron chi connectivity index (χ2n) is 5.82.